The molecule has 1 N–H and O–H groups in total. The molecule has 0 radical (unpaired) electrons. The van der Waals surface area contributed by atoms with Gasteiger partial charge in [-0.05, 0) is 80.3 Å². The number of nitrogens with one attached hydrogen (secondary N) is 1. The van der Waals surface area contributed by atoms with Crippen LogP contribution in [0.4, 0.5) is 5.69 Å². The Hall–Kier alpha value is -2.91. The first kappa shape index (κ1) is 24.7. The maximum Gasteiger partial charge on any atom is 0.264 e. The monoisotopic (exact) mass is 488 g/mol. The van der Waals surface area contributed by atoms with Gasteiger partial charge in [-0.25, -0.2) is 8.42 Å². The SMILES string of the molecule is CCOc1ccc(N(CC(=O)NCCCc2ccco2)S(=O)(=O)c2ccc(SC)cc2)cc1. The number of rotatable bonds is 12. The molecule has 3 rings (SSSR count). The standard InChI is InChI=1S/C24H28N2O5S2/c1-3-30-21-10-8-19(9-11-21)26(33(28,29)23-14-12-22(32-2)13-15-23)18-24(27)25-16-4-6-20-7-5-17-31-20/h5,7-15,17H,3-4,6,16,18H2,1-2H3,(H,25,27). The Morgan fingerprint density at radius 2 is 1.82 bits per heavy atom. The number of benzene rings is 2. The zero-order valence-electron chi connectivity index (χ0n) is 18.7. The van der Waals surface area contributed by atoms with E-state index < -0.39 is 10.0 Å². The molecule has 7 nitrogen and oxygen atoms in total. The number of anilines is 1. The van der Waals surface area contributed by atoms with Crippen molar-refractivity contribution in [1.82, 2.24) is 5.32 Å². The summed E-state index contributed by atoms with van der Waals surface area (Å²) in [5, 5.41) is 2.80. The fourth-order valence-electron chi connectivity index (χ4n) is 3.20. The van der Waals surface area contributed by atoms with Crippen molar-refractivity contribution in [2.45, 2.75) is 29.6 Å². The average Bonchev–Trinajstić information content (AvgIpc) is 3.35. The second kappa shape index (κ2) is 11.8. The summed E-state index contributed by atoms with van der Waals surface area (Å²) < 4.78 is 38.8. The first-order valence-corrected chi connectivity index (χ1v) is 13.3. The molecule has 0 spiro atoms. The number of ether oxygens (including phenoxy) is 1. The molecule has 33 heavy (non-hydrogen) atoms. The highest BCUT2D eigenvalue weighted by molar-refractivity contribution is 7.98. The van der Waals surface area contributed by atoms with Gasteiger partial charge in [-0.1, -0.05) is 0 Å². The lowest BCUT2D eigenvalue weighted by molar-refractivity contribution is -0.119. The van der Waals surface area contributed by atoms with Gasteiger partial charge in [0.25, 0.3) is 10.0 Å². The smallest absolute Gasteiger partial charge is 0.264 e. The molecular formula is C24H28N2O5S2. The predicted octanol–water partition coefficient (Wildman–Crippen LogP) is 4.34. The molecule has 2 aromatic carbocycles. The Bertz CT molecular complexity index is 1110. The minimum absolute atomic E-state index is 0.125. The largest absolute Gasteiger partial charge is 0.494 e. The van der Waals surface area contributed by atoms with E-state index in [2.05, 4.69) is 5.32 Å². The van der Waals surface area contributed by atoms with E-state index in [0.29, 0.717) is 37.4 Å². The van der Waals surface area contributed by atoms with Crippen molar-refractivity contribution < 1.29 is 22.4 Å². The molecule has 0 aliphatic rings. The summed E-state index contributed by atoms with van der Waals surface area (Å²) in [7, 11) is -3.96. The van der Waals surface area contributed by atoms with E-state index in [0.717, 1.165) is 15.0 Å². The maximum absolute atomic E-state index is 13.5. The number of sulfonamides is 1. The highest BCUT2D eigenvalue weighted by Gasteiger charge is 2.27. The van der Waals surface area contributed by atoms with Crippen LogP contribution in [0.1, 0.15) is 19.1 Å². The Balaban J connectivity index is 1.76. The zero-order chi connectivity index (χ0) is 23.7. The van der Waals surface area contributed by atoms with Gasteiger partial charge in [-0.15, -0.1) is 11.8 Å². The highest BCUT2D eigenvalue weighted by atomic mass is 32.2. The Morgan fingerprint density at radius 1 is 1.09 bits per heavy atom. The molecule has 0 bridgehead atoms. The van der Waals surface area contributed by atoms with E-state index in [1.54, 1.807) is 54.8 Å². The average molecular weight is 489 g/mol. The van der Waals surface area contributed by atoms with Crippen LogP contribution in [0.25, 0.3) is 0 Å². The quantitative estimate of drug-likeness (QED) is 0.301. The number of amides is 1. The van der Waals surface area contributed by atoms with Gasteiger partial charge >= 0.3 is 0 Å². The molecule has 9 heteroatoms. The predicted molar refractivity (Wildman–Crippen MR) is 130 cm³/mol. The molecule has 3 aromatic rings. The van der Waals surface area contributed by atoms with Crippen LogP contribution < -0.4 is 14.4 Å². The number of nitrogens with zero attached hydrogens (tertiary/aromatic N) is 1. The summed E-state index contributed by atoms with van der Waals surface area (Å²) in [6, 6.07) is 17.0. The van der Waals surface area contributed by atoms with Crippen molar-refractivity contribution in [3.63, 3.8) is 0 Å². The second-order valence-corrected chi connectivity index (χ2v) is 9.89. The lowest BCUT2D eigenvalue weighted by Gasteiger charge is -2.24. The first-order valence-electron chi connectivity index (χ1n) is 10.6. The number of hydrogen-bond acceptors (Lipinski definition) is 6. The Kier molecular flexibility index (Phi) is 8.85. The van der Waals surface area contributed by atoms with E-state index >= 15 is 0 Å². The minimum atomic E-state index is -3.96. The summed E-state index contributed by atoms with van der Waals surface area (Å²) in [6.45, 7) is 2.46. The van der Waals surface area contributed by atoms with Gasteiger partial charge in [-0.3, -0.25) is 9.10 Å². The normalized spacial score (nSPS) is 11.2. The van der Waals surface area contributed by atoms with Crippen molar-refractivity contribution >= 4 is 33.4 Å². The summed E-state index contributed by atoms with van der Waals surface area (Å²) in [6.07, 6.45) is 4.91. The molecule has 1 aromatic heterocycles. The van der Waals surface area contributed by atoms with Gasteiger partial charge in [0.2, 0.25) is 5.91 Å². The minimum Gasteiger partial charge on any atom is -0.494 e. The topological polar surface area (TPSA) is 88.8 Å². The van der Waals surface area contributed by atoms with Gasteiger partial charge in [0, 0.05) is 17.9 Å². The van der Waals surface area contributed by atoms with Crippen molar-refractivity contribution in [2.24, 2.45) is 0 Å². The van der Waals surface area contributed by atoms with Crippen LogP contribution in [0.15, 0.2) is 81.1 Å². The summed E-state index contributed by atoms with van der Waals surface area (Å²) in [5.74, 6) is 1.09. The summed E-state index contributed by atoms with van der Waals surface area (Å²) in [4.78, 5) is 13.7. The molecular weight excluding hydrogens is 460 g/mol. The molecule has 0 aliphatic carbocycles. The van der Waals surface area contributed by atoms with E-state index in [4.69, 9.17) is 9.15 Å². The van der Waals surface area contributed by atoms with Crippen molar-refractivity contribution in [3.05, 3.63) is 72.7 Å². The second-order valence-electron chi connectivity index (χ2n) is 7.15. The molecule has 0 atom stereocenters. The van der Waals surface area contributed by atoms with E-state index in [1.165, 1.54) is 11.8 Å². The van der Waals surface area contributed by atoms with E-state index in [-0.39, 0.29) is 17.3 Å². The number of aryl methyl sites for hydroxylation is 1. The third-order valence-corrected chi connectivity index (χ3v) is 7.40. The van der Waals surface area contributed by atoms with Crippen molar-refractivity contribution in [3.8, 4) is 5.75 Å². The third kappa shape index (κ3) is 6.79. The lowest BCUT2D eigenvalue weighted by Crippen LogP contribution is -2.41. The fourth-order valence-corrected chi connectivity index (χ4v) is 5.03. The molecule has 0 saturated heterocycles. The van der Waals surface area contributed by atoms with Gasteiger partial charge in [0.05, 0.1) is 23.5 Å². The van der Waals surface area contributed by atoms with Crippen LogP contribution in [-0.2, 0) is 21.2 Å². The van der Waals surface area contributed by atoms with Gasteiger partial charge in [-0.2, -0.15) is 0 Å². The van der Waals surface area contributed by atoms with Crippen LogP contribution in [-0.4, -0.2) is 40.3 Å². The number of hydrogen-bond donors (Lipinski definition) is 1. The van der Waals surface area contributed by atoms with Crippen LogP contribution in [0.3, 0.4) is 0 Å². The zero-order valence-corrected chi connectivity index (χ0v) is 20.3. The molecule has 1 amide bonds. The van der Waals surface area contributed by atoms with E-state index in [1.807, 2.05) is 25.3 Å². The maximum atomic E-state index is 13.5. The van der Waals surface area contributed by atoms with Crippen LogP contribution in [0.5, 0.6) is 5.75 Å². The van der Waals surface area contributed by atoms with Gasteiger partial charge < -0.3 is 14.5 Å². The molecule has 1 heterocycles. The molecule has 0 saturated carbocycles. The third-order valence-electron chi connectivity index (χ3n) is 4.87. The van der Waals surface area contributed by atoms with Gasteiger partial charge in [0.1, 0.15) is 18.1 Å². The number of furan rings is 1. The Labute approximate surface area is 199 Å². The van der Waals surface area contributed by atoms with Crippen LogP contribution in [0, 0.1) is 0 Å². The van der Waals surface area contributed by atoms with Crippen molar-refractivity contribution in [1.29, 1.82) is 0 Å². The van der Waals surface area contributed by atoms with E-state index in [9.17, 15) is 13.2 Å². The molecule has 0 fully saturated rings. The fraction of sp³-hybridized carbons (Fsp3) is 0.292. The number of carbonyl (C=O) groups excluding carboxylic acids is 1. The summed E-state index contributed by atoms with van der Waals surface area (Å²) >= 11 is 1.53. The summed E-state index contributed by atoms with van der Waals surface area (Å²) in [5.41, 5.74) is 0.387. The number of carbonyl (C=O) groups is 1. The Morgan fingerprint density at radius 3 is 2.42 bits per heavy atom. The molecule has 0 aliphatic heterocycles. The van der Waals surface area contributed by atoms with Crippen LogP contribution in [0.2, 0.25) is 0 Å². The molecule has 0 unspecified atom stereocenters. The number of thioether (sulfide) groups is 1. The molecule has 176 valence electrons. The van der Waals surface area contributed by atoms with Crippen LogP contribution >= 0.6 is 11.8 Å². The van der Waals surface area contributed by atoms with Crippen molar-refractivity contribution in [2.75, 3.05) is 30.3 Å². The van der Waals surface area contributed by atoms with Gasteiger partial charge in [0.15, 0.2) is 0 Å². The first-order chi connectivity index (χ1) is 15.9. The highest BCUT2D eigenvalue weighted by Crippen LogP contribution is 2.27. The lowest BCUT2D eigenvalue weighted by atomic mass is 10.2.